The largest absolute Gasteiger partial charge is 0.417 e. The van der Waals surface area contributed by atoms with E-state index in [0.717, 1.165) is 12.5 Å². The summed E-state index contributed by atoms with van der Waals surface area (Å²) in [5.41, 5.74) is -0.447. The van der Waals surface area contributed by atoms with Crippen LogP contribution in [0.5, 0.6) is 0 Å². The molecule has 1 N–H and O–H groups in total. The molecule has 0 aromatic heterocycles. The van der Waals surface area contributed by atoms with E-state index in [0.29, 0.717) is 12.0 Å². The topological polar surface area (TPSA) is 20.2 Å². The van der Waals surface area contributed by atoms with E-state index in [1.54, 1.807) is 0 Å². The van der Waals surface area contributed by atoms with Crippen LogP contribution in [0.2, 0.25) is 0 Å². The molecular weight excluding hydrogens is 285 g/mol. The third kappa shape index (κ3) is 3.22. The molecule has 0 radical (unpaired) electrons. The summed E-state index contributed by atoms with van der Waals surface area (Å²) in [6, 6.07) is 3.81. The fourth-order valence-corrected chi connectivity index (χ4v) is 1.88. The summed E-state index contributed by atoms with van der Waals surface area (Å²) in [5.74, 6) is 0. The van der Waals surface area contributed by atoms with Gasteiger partial charge in [0.2, 0.25) is 0 Å². The molecule has 0 amide bonds. The zero-order chi connectivity index (χ0) is 12.3. The summed E-state index contributed by atoms with van der Waals surface area (Å²) in [6.45, 7) is 1.87. The summed E-state index contributed by atoms with van der Waals surface area (Å²) in [7, 11) is 0. The predicted molar refractivity (Wildman–Crippen MR) is 59.0 cm³/mol. The van der Waals surface area contributed by atoms with Crippen LogP contribution in [0.15, 0.2) is 22.7 Å². The van der Waals surface area contributed by atoms with E-state index in [2.05, 4.69) is 15.9 Å². The molecule has 16 heavy (non-hydrogen) atoms. The third-order valence-corrected chi connectivity index (χ3v) is 2.93. The highest BCUT2D eigenvalue weighted by atomic mass is 79.9. The van der Waals surface area contributed by atoms with E-state index < -0.39 is 17.8 Å². The standard InChI is InChI=1S/C11H12BrF3O/c1-2-3-10(16)7-4-5-9(12)8(6-7)11(13,14)15/h4-6,10,16H,2-3H2,1H3. The second-order valence-electron chi connectivity index (χ2n) is 3.54. The van der Waals surface area contributed by atoms with Gasteiger partial charge in [0.1, 0.15) is 0 Å². The van der Waals surface area contributed by atoms with E-state index in [1.807, 2.05) is 6.92 Å². The molecule has 0 aliphatic heterocycles. The highest BCUT2D eigenvalue weighted by Gasteiger charge is 2.33. The van der Waals surface area contributed by atoms with Crippen molar-refractivity contribution in [1.82, 2.24) is 0 Å². The Morgan fingerprint density at radius 2 is 2.00 bits per heavy atom. The van der Waals surface area contributed by atoms with Crippen molar-refractivity contribution in [3.63, 3.8) is 0 Å². The van der Waals surface area contributed by atoms with Gasteiger partial charge in [0, 0.05) is 4.47 Å². The molecule has 0 fully saturated rings. The van der Waals surface area contributed by atoms with Crippen molar-refractivity contribution in [2.24, 2.45) is 0 Å². The zero-order valence-corrected chi connectivity index (χ0v) is 10.3. The average molecular weight is 297 g/mol. The molecule has 0 heterocycles. The first-order chi connectivity index (χ1) is 7.36. The lowest BCUT2D eigenvalue weighted by Crippen LogP contribution is -2.08. The molecule has 0 saturated heterocycles. The summed E-state index contributed by atoms with van der Waals surface area (Å²) < 4.78 is 37.7. The molecule has 0 spiro atoms. The van der Waals surface area contributed by atoms with Crippen LogP contribution >= 0.6 is 15.9 Å². The van der Waals surface area contributed by atoms with Gasteiger partial charge in [-0.1, -0.05) is 35.3 Å². The van der Waals surface area contributed by atoms with Crippen molar-refractivity contribution in [3.8, 4) is 0 Å². The van der Waals surface area contributed by atoms with E-state index >= 15 is 0 Å². The molecule has 1 aromatic carbocycles. The van der Waals surface area contributed by atoms with Crippen LogP contribution < -0.4 is 0 Å². The molecule has 1 rings (SSSR count). The van der Waals surface area contributed by atoms with Crippen molar-refractivity contribution < 1.29 is 18.3 Å². The molecule has 0 saturated carbocycles. The molecule has 1 atom stereocenters. The molecule has 1 nitrogen and oxygen atoms in total. The van der Waals surface area contributed by atoms with Gasteiger partial charge in [0.15, 0.2) is 0 Å². The van der Waals surface area contributed by atoms with Gasteiger partial charge in [-0.3, -0.25) is 0 Å². The minimum Gasteiger partial charge on any atom is -0.388 e. The van der Waals surface area contributed by atoms with E-state index in [4.69, 9.17) is 0 Å². The lowest BCUT2D eigenvalue weighted by molar-refractivity contribution is -0.138. The lowest BCUT2D eigenvalue weighted by Gasteiger charge is -2.14. The number of rotatable bonds is 3. The van der Waals surface area contributed by atoms with Crippen LogP contribution in [0.3, 0.4) is 0 Å². The van der Waals surface area contributed by atoms with Crippen molar-refractivity contribution in [1.29, 1.82) is 0 Å². The lowest BCUT2D eigenvalue weighted by atomic mass is 10.0. The fraction of sp³-hybridized carbons (Fsp3) is 0.455. The van der Waals surface area contributed by atoms with Gasteiger partial charge in [-0.15, -0.1) is 0 Å². The Balaban J connectivity index is 3.07. The Morgan fingerprint density at radius 1 is 1.38 bits per heavy atom. The molecule has 0 bridgehead atoms. The van der Waals surface area contributed by atoms with Crippen molar-refractivity contribution >= 4 is 15.9 Å². The number of halogens is 4. The summed E-state index contributed by atoms with van der Waals surface area (Å²) in [6.07, 6.45) is -4.06. The Labute approximate surface area is 100 Å². The second-order valence-corrected chi connectivity index (χ2v) is 4.40. The Morgan fingerprint density at radius 3 is 2.50 bits per heavy atom. The first-order valence-electron chi connectivity index (χ1n) is 4.91. The molecule has 1 unspecified atom stereocenters. The van der Waals surface area contributed by atoms with Gasteiger partial charge in [-0.25, -0.2) is 0 Å². The Bertz CT molecular complexity index is 363. The van der Waals surface area contributed by atoms with E-state index in [1.165, 1.54) is 12.1 Å². The minimum absolute atomic E-state index is 0.00699. The van der Waals surface area contributed by atoms with Gasteiger partial charge in [-0.05, 0) is 24.1 Å². The maximum Gasteiger partial charge on any atom is 0.417 e. The first kappa shape index (κ1) is 13.5. The van der Waals surface area contributed by atoms with Crippen LogP contribution in [-0.4, -0.2) is 5.11 Å². The molecular formula is C11H12BrF3O. The number of hydrogen-bond acceptors (Lipinski definition) is 1. The number of benzene rings is 1. The minimum atomic E-state index is -4.40. The van der Waals surface area contributed by atoms with E-state index in [-0.39, 0.29) is 4.47 Å². The number of alkyl halides is 3. The summed E-state index contributed by atoms with van der Waals surface area (Å²) >= 11 is 2.85. The van der Waals surface area contributed by atoms with Crippen molar-refractivity contribution in [2.75, 3.05) is 0 Å². The maximum atomic E-state index is 12.6. The van der Waals surface area contributed by atoms with Crippen molar-refractivity contribution in [3.05, 3.63) is 33.8 Å². The Kier molecular flexibility index (Phi) is 4.38. The monoisotopic (exact) mass is 296 g/mol. The molecule has 0 aliphatic carbocycles. The number of aliphatic hydroxyl groups excluding tert-OH is 1. The molecule has 5 heteroatoms. The maximum absolute atomic E-state index is 12.6. The smallest absolute Gasteiger partial charge is 0.388 e. The van der Waals surface area contributed by atoms with Crippen molar-refractivity contribution in [2.45, 2.75) is 32.0 Å². The number of aliphatic hydroxyl groups is 1. The summed E-state index contributed by atoms with van der Waals surface area (Å²) in [4.78, 5) is 0. The van der Waals surface area contributed by atoms with Gasteiger partial charge < -0.3 is 5.11 Å². The van der Waals surface area contributed by atoms with Crippen LogP contribution in [0.1, 0.15) is 37.0 Å². The highest BCUT2D eigenvalue weighted by Crippen LogP contribution is 2.36. The number of hydrogen-bond donors (Lipinski definition) is 1. The van der Waals surface area contributed by atoms with E-state index in [9.17, 15) is 18.3 Å². The van der Waals surface area contributed by atoms with Gasteiger partial charge >= 0.3 is 6.18 Å². The molecule has 0 aliphatic rings. The van der Waals surface area contributed by atoms with Gasteiger partial charge in [0.05, 0.1) is 11.7 Å². The quantitative estimate of drug-likeness (QED) is 0.882. The fourth-order valence-electron chi connectivity index (χ4n) is 1.41. The van der Waals surface area contributed by atoms with Crippen LogP contribution in [0, 0.1) is 0 Å². The van der Waals surface area contributed by atoms with Gasteiger partial charge in [0.25, 0.3) is 0 Å². The molecule has 1 aromatic rings. The first-order valence-corrected chi connectivity index (χ1v) is 5.70. The third-order valence-electron chi connectivity index (χ3n) is 2.24. The van der Waals surface area contributed by atoms with Crippen LogP contribution in [0.25, 0.3) is 0 Å². The van der Waals surface area contributed by atoms with Crippen LogP contribution in [0.4, 0.5) is 13.2 Å². The zero-order valence-electron chi connectivity index (χ0n) is 8.68. The average Bonchev–Trinajstić information content (AvgIpc) is 2.16. The Hall–Kier alpha value is -0.550. The van der Waals surface area contributed by atoms with Crippen LogP contribution in [-0.2, 0) is 6.18 Å². The predicted octanol–water partition coefficient (Wildman–Crippen LogP) is 4.30. The molecule has 90 valence electrons. The SMILES string of the molecule is CCCC(O)c1ccc(Br)c(C(F)(F)F)c1. The second kappa shape index (κ2) is 5.19. The van der Waals surface area contributed by atoms with Gasteiger partial charge in [-0.2, -0.15) is 13.2 Å². The normalized spacial score (nSPS) is 13.9. The highest BCUT2D eigenvalue weighted by molar-refractivity contribution is 9.10. The summed E-state index contributed by atoms with van der Waals surface area (Å²) in [5, 5.41) is 9.62.